The average Bonchev–Trinajstić information content (AvgIpc) is 1.86. The summed E-state index contributed by atoms with van der Waals surface area (Å²) in [6.07, 6.45) is 2.83. The lowest BCUT2D eigenvalue weighted by Gasteiger charge is -2.10. The fourth-order valence-electron chi connectivity index (χ4n) is 1.05. The van der Waals surface area contributed by atoms with E-state index >= 15 is 0 Å². The van der Waals surface area contributed by atoms with Crippen LogP contribution in [0, 0.1) is 5.92 Å². The number of alkyl halides is 1. The standard InChI is InChI=1S/C10H19F/c1-5-6-9(4)10(11)7-8(2)3/h6,8,10H,5,7H2,1-4H3/b9-6-. The van der Waals surface area contributed by atoms with Gasteiger partial charge in [-0.15, -0.1) is 0 Å². The maximum atomic E-state index is 13.2. The molecule has 0 heterocycles. The van der Waals surface area contributed by atoms with Gasteiger partial charge in [0, 0.05) is 0 Å². The van der Waals surface area contributed by atoms with Gasteiger partial charge in [-0.2, -0.15) is 0 Å². The first-order valence-electron chi connectivity index (χ1n) is 4.38. The van der Waals surface area contributed by atoms with E-state index in [-0.39, 0.29) is 0 Å². The number of rotatable bonds is 4. The number of halogens is 1. The first kappa shape index (κ1) is 10.7. The van der Waals surface area contributed by atoms with Gasteiger partial charge >= 0.3 is 0 Å². The molecule has 0 amide bonds. The van der Waals surface area contributed by atoms with Crippen molar-refractivity contribution in [2.24, 2.45) is 5.92 Å². The molecule has 66 valence electrons. The number of hydrogen-bond donors (Lipinski definition) is 0. The van der Waals surface area contributed by atoms with E-state index in [1.54, 1.807) is 0 Å². The third-order valence-corrected chi connectivity index (χ3v) is 1.70. The van der Waals surface area contributed by atoms with Gasteiger partial charge in [-0.05, 0) is 31.3 Å². The van der Waals surface area contributed by atoms with Crippen LogP contribution >= 0.6 is 0 Å². The van der Waals surface area contributed by atoms with E-state index in [0.29, 0.717) is 12.3 Å². The molecular weight excluding hydrogens is 139 g/mol. The molecule has 1 unspecified atom stereocenters. The summed E-state index contributed by atoms with van der Waals surface area (Å²) in [7, 11) is 0. The molecular formula is C10H19F. The minimum absolute atomic E-state index is 0.449. The summed E-state index contributed by atoms with van der Waals surface area (Å²) in [5, 5.41) is 0. The summed E-state index contributed by atoms with van der Waals surface area (Å²) in [5.74, 6) is 0.449. The zero-order valence-electron chi connectivity index (χ0n) is 8.02. The van der Waals surface area contributed by atoms with Crippen LogP contribution in [0.2, 0.25) is 0 Å². The lowest BCUT2D eigenvalue weighted by molar-refractivity contribution is 0.323. The van der Waals surface area contributed by atoms with Crippen molar-refractivity contribution in [3.63, 3.8) is 0 Å². The molecule has 0 aromatic heterocycles. The van der Waals surface area contributed by atoms with Crippen LogP contribution in [-0.2, 0) is 0 Å². The Morgan fingerprint density at radius 3 is 2.36 bits per heavy atom. The van der Waals surface area contributed by atoms with Crippen LogP contribution in [0.4, 0.5) is 4.39 Å². The Bertz CT molecular complexity index is 125. The fraction of sp³-hybridized carbons (Fsp3) is 0.800. The Labute approximate surface area is 69.5 Å². The average molecular weight is 158 g/mol. The van der Waals surface area contributed by atoms with Gasteiger partial charge < -0.3 is 0 Å². The zero-order valence-corrected chi connectivity index (χ0v) is 8.02. The summed E-state index contributed by atoms with van der Waals surface area (Å²) in [6.45, 7) is 8.00. The van der Waals surface area contributed by atoms with E-state index in [9.17, 15) is 4.39 Å². The molecule has 0 rings (SSSR count). The highest BCUT2D eigenvalue weighted by atomic mass is 19.1. The van der Waals surface area contributed by atoms with E-state index in [1.165, 1.54) is 0 Å². The second kappa shape index (κ2) is 5.34. The van der Waals surface area contributed by atoms with Gasteiger partial charge in [0.2, 0.25) is 0 Å². The molecule has 0 radical (unpaired) electrons. The second-order valence-electron chi connectivity index (χ2n) is 3.45. The Balaban J connectivity index is 3.82. The molecule has 0 fully saturated rings. The van der Waals surface area contributed by atoms with Crippen molar-refractivity contribution in [1.82, 2.24) is 0 Å². The third-order valence-electron chi connectivity index (χ3n) is 1.70. The summed E-state index contributed by atoms with van der Waals surface area (Å²) in [6, 6.07) is 0. The lowest BCUT2D eigenvalue weighted by Crippen LogP contribution is -2.05. The predicted octanol–water partition coefficient (Wildman–Crippen LogP) is 3.73. The van der Waals surface area contributed by atoms with Gasteiger partial charge in [-0.1, -0.05) is 26.8 Å². The summed E-state index contributed by atoms with van der Waals surface area (Å²) in [5.41, 5.74) is 0.890. The number of allylic oxidation sites excluding steroid dienone is 2. The Hall–Kier alpha value is -0.330. The van der Waals surface area contributed by atoms with Crippen LogP contribution in [0.3, 0.4) is 0 Å². The molecule has 0 aliphatic carbocycles. The Morgan fingerprint density at radius 2 is 2.00 bits per heavy atom. The largest absolute Gasteiger partial charge is 0.243 e. The maximum absolute atomic E-state index is 13.2. The minimum Gasteiger partial charge on any atom is -0.243 e. The Kier molecular flexibility index (Phi) is 5.18. The topological polar surface area (TPSA) is 0 Å². The molecule has 0 saturated carbocycles. The van der Waals surface area contributed by atoms with E-state index in [0.717, 1.165) is 12.0 Å². The third kappa shape index (κ3) is 5.00. The molecule has 0 aromatic carbocycles. The first-order chi connectivity index (χ1) is 5.07. The van der Waals surface area contributed by atoms with Crippen molar-refractivity contribution < 1.29 is 4.39 Å². The van der Waals surface area contributed by atoms with Crippen LogP contribution < -0.4 is 0 Å². The molecule has 1 atom stereocenters. The van der Waals surface area contributed by atoms with Gasteiger partial charge in [0.05, 0.1) is 0 Å². The molecule has 0 aliphatic heterocycles. The van der Waals surface area contributed by atoms with Crippen LogP contribution in [0.5, 0.6) is 0 Å². The van der Waals surface area contributed by atoms with Crippen molar-refractivity contribution in [2.75, 3.05) is 0 Å². The highest BCUT2D eigenvalue weighted by molar-refractivity contribution is 5.04. The van der Waals surface area contributed by atoms with Crippen molar-refractivity contribution in [2.45, 2.75) is 46.7 Å². The molecule has 0 saturated heterocycles. The highest BCUT2D eigenvalue weighted by Crippen LogP contribution is 2.15. The van der Waals surface area contributed by atoms with Crippen molar-refractivity contribution in [1.29, 1.82) is 0 Å². The molecule has 0 aliphatic rings. The quantitative estimate of drug-likeness (QED) is 0.547. The smallest absolute Gasteiger partial charge is 0.121 e. The van der Waals surface area contributed by atoms with Crippen molar-refractivity contribution in [3.8, 4) is 0 Å². The molecule has 0 spiro atoms. The monoisotopic (exact) mass is 158 g/mol. The molecule has 0 N–H and O–H groups in total. The summed E-state index contributed by atoms with van der Waals surface area (Å²) < 4.78 is 13.2. The molecule has 0 bridgehead atoms. The van der Waals surface area contributed by atoms with E-state index in [1.807, 2.05) is 33.8 Å². The predicted molar refractivity (Wildman–Crippen MR) is 48.4 cm³/mol. The van der Waals surface area contributed by atoms with Crippen molar-refractivity contribution >= 4 is 0 Å². The zero-order chi connectivity index (χ0) is 8.85. The van der Waals surface area contributed by atoms with E-state index in [4.69, 9.17) is 0 Å². The van der Waals surface area contributed by atoms with Crippen LogP contribution in [-0.4, -0.2) is 6.17 Å². The van der Waals surface area contributed by atoms with Gasteiger partial charge in [-0.25, -0.2) is 4.39 Å². The fourth-order valence-corrected chi connectivity index (χ4v) is 1.05. The van der Waals surface area contributed by atoms with E-state index < -0.39 is 6.17 Å². The SMILES string of the molecule is CC/C=C(/C)C(F)CC(C)C. The van der Waals surface area contributed by atoms with Gasteiger partial charge in [-0.3, -0.25) is 0 Å². The second-order valence-corrected chi connectivity index (χ2v) is 3.45. The Morgan fingerprint density at radius 1 is 1.45 bits per heavy atom. The van der Waals surface area contributed by atoms with Crippen LogP contribution in [0.15, 0.2) is 11.6 Å². The molecule has 11 heavy (non-hydrogen) atoms. The van der Waals surface area contributed by atoms with Gasteiger partial charge in [0.25, 0.3) is 0 Å². The summed E-state index contributed by atoms with van der Waals surface area (Å²) in [4.78, 5) is 0. The lowest BCUT2D eigenvalue weighted by atomic mass is 10.0. The maximum Gasteiger partial charge on any atom is 0.121 e. The van der Waals surface area contributed by atoms with E-state index in [2.05, 4.69) is 0 Å². The normalized spacial score (nSPS) is 15.6. The summed E-state index contributed by atoms with van der Waals surface area (Å²) >= 11 is 0. The number of hydrogen-bond acceptors (Lipinski definition) is 0. The highest BCUT2D eigenvalue weighted by Gasteiger charge is 2.09. The van der Waals surface area contributed by atoms with Crippen molar-refractivity contribution in [3.05, 3.63) is 11.6 Å². The first-order valence-corrected chi connectivity index (χ1v) is 4.38. The van der Waals surface area contributed by atoms with Gasteiger partial charge in [0.15, 0.2) is 0 Å². The molecule has 0 nitrogen and oxygen atoms in total. The van der Waals surface area contributed by atoms with Gasteiger partial charge in [0.1, 0.15) is 6.17 Å². The molecule has 0 aromatic rings. The molecule has 1 heteroatoms. The van der Waals surface area contributed by atoms with Crippen LogP contribution in [0.1, 0.15) is 40.5 Å². The van der Waals surface area contributed by atoms with Crippen LogP contribution in [0.25, 0.3) is 0 Å². The minimum atomic E-state index is -0.727.